The van der Waals surface area contributed by atoms with E-state index in [4.69, 9.17) is 0 Å². The van der Waals surface area contributed by atoms with Gasteiger partial charge in [-0.05, 0) is 66.3 Å². The van der Waals surface area contributed by atoms with Crippen molar-refractivity contribution in [3.05, 3.63) is 72.9 Å². The SMILES string of the molecule is CCN(CC)CCNc1ccc(Nc2ccnc3cc4ccccc4cc23)cc1.[Zn+2]. The third-order valence-electron chi connectivity index (χ3n) is 5.42. The summed E-state index contributed by atoms with van der Waals surface area (Å²) >= 11 is 0. The van der Waals surface area contributed by atoms with E-state index in [0.717, 1.165) is 54.1 Å². The molecule has 0 atom stereocenters. The predicted molar refractivity (Wildman–Crippen MR) is 125 cm³/mol. The van der Waals surface area contributed by atoms with Crippen LogP contribution in [0, 0.1) is 0 Å². The molecule has 2 N–H and O–H groups in total. The zero-order chi connectivity index (χ0) is 20.1. The van der Waals surface area contributed by atoms with E-state index in [2.05, 4.69) is 95.0 Å². The van der Waals surface area contributed by atoms with Gasteiger partial charge in [-0.2, -0.15) is 0 Å². The minimum absolute atomic E-state index is 0. The summed E-state index contributed by atoms with van der Waals surface area (Å²) in [5, 5.41) is 10.6. The van der Waals surface area contributed by atoms with Crippen molar-refractivity contribution in [3.63, 3.8) is 0 Å². The molecule has 0 aliphatic carbocycles. The Kier molecular flexibility index (Phi) is 7.78. The summed E-state index contributed by atoms with van der Waals surface area (Å²) < 4.78 is 0. The molecule has 0 aliphatic rings. The smallest absolute Gasteiger partial charge is 0.384 e. The van der Waals surface area contributed by atoms with Gasteiger partial charge in [-0.3, -0.25) is 4.98 Å². The summed E-state index contributed by atoms with van der Waals surface area (Å²) in [5.74, 6) is 0. The average molecular weight is 450 g/mol. The second kappa shape index (κ2) is 10.5. The fraction of sp³-hybridized carbons (Fsp3) is 0.240. The van der Waals surface area contributed by atoms with Gasteiger partial charge in [-0.25, -0.2) is 0 Å². The van der Waals surface area contributed by atoms with Gasteiger partial charge in [0.05, 0.1) is 5.52 Å². The van der Waals surface area contributed by atoms with Crippen molar-refractivity contribution in [2.24, 2.45) is 0 Å². The molecule has 0 radical (unpaired) electrons. The van der Waals surface area contributed by atoms with E-state index in [1.165, 1.54) is 10.8 Å². The molecule has 0 saturated carbocycles. The molecule has 1 heterocycles. The molecular weight excluding hydrogens is 422 g/mol. The van der Waals surface area contributed by atoms with Gasteiger partial charge in [0.15, 0.2) is 0 Å². The molecule has 0 spiro atoms. The minimum atomic E-state index is 0. The van der Waals surface area contributed by atoms with Crippen molar-refractivity contribution in [1.82, 2.24) is 9.88 Å². The molecule has 4 rings (SSSR count). The fourth-order valence-corrected chi connectivity index (χ4v) is 3.67. The number of anilines is 3. The number of likely N-dealkylation sites (N-methyl/N-ethyl adjacent to an activating group) is 1. The van der Waals surface area contributed by atoms with Crippen LogP contribution in [0.5, 0.6) is 0 Å². The van der Waals surface area contributed by atoms with E-state index in [1.54, 1.807) is 0 Å². The molecular formula is C25H28N4Zn+2. The summed E-state index contributed by atoms with van der Waals surface area (Å²) in [6, 6.07) is 23.3. The largest absolute Gasteiger partial charge is 2.00 e. The average Bonchev–Trinajstić information content (AvgIpc) is 2.77. The summed E-state index contributed by atoms with van der Waals surface area (Å²) in [4.78, 5) is 6.97. The first kappa shape index (κ1) is 22.2. The summed E-state index contributed by atoms with van der Waals surface area (Å²) in [6.45, 7) is 8.61. The molecule has 0 amide bonds. The van der Waals surface area contributed by atoms with Crippen LogP contribution in [0.4, 0.5) is 17.1 Å². The molecule has 0 fully saturated rings. The number of benzene rings is 3. The van der Waals surface area contributed by atoms with E-state index in [9.17, 15) is 0 Å². The number of fused-ring (bicyclic) bond motifs is 2. The van der Waals surface area contributed by atoms with Crippen molar-refractivity contribution in [3.8, 4) is 0 Å². The Hall–Kier alpha value is -2.49. The van der Waals surface area contributed by atoms with Crippen molar-refractivity contribution in [2.45, 2.75) is 13.8 Å². The van der Waals surface area contributed by atoms with Gasteiger partial charge < -0.3 is 15.5 Å². The van der Waals surface area contributed by atoms with Gasteiger partial charge in [-0.15, -0.1) is 0 Å². The van der Waals surface area contributed by atoms with Crippen molar-refractivity contribution < 1.29 is 19.5 Å². The Morgan fingerprint density at radius 3 is 2.20 bits per heavy atom. The minimum Gasteiger partial charge on any atom is -0.384 e. The third-order valence-corrected chi connectivity index (χ3v) is 5.42. The summed E-state index contributed by atoms with van der Waals surface area (Å²) in [7, 11) is 0. The molecule has 148 valence electrons. The maximum absolute atomic E-state index is 4.56. The van der Waals surface area contributed by atoms with E-state index < -0.39 is 0 Å². The molecule has 0 aliphatic heterocycles. The number of nitrogens with zero attached hydrogens (tertiary/aromatic N) is 2. The second-order valence-electron chi connectivity index (χ2n) is 7.23. The van der Waals surface area contributed by atoms with Gasteiger partial charge in [0.2, 0.25) is 0 Å². The number of hydrogen-bond donors (Lipinski definition) is 2. The van der Waals surface area contributed by atoms with Crippen LogP contribution < -0.4 is 10.6 Å². The molecule has 30 heavy (non-hydrogen) atoms. The van der Waals surface area contributed by atoms with Crippen LogP contribution in [0.2, 0.25) is 0 Å². The van der Waals surface area contributed by atoms with Gasteiger partial charge in [-0.1, -0.05) is 38.1 Å². The number of hydrogen-bond acceptors (Lipinski definition) is 4. The van der Waals surface area contributed by atoms with Gasteiger partial charge in [0.1, 0.15) is 0 Å². The number of nitrogens with one attached hydrogen (secondary N) is 2. The quantitative estimate of drug-likeness (QED) is 0.260. The monoisotopic (exact) mass is 448 g/mol. The van der Waals surface area contributed by atoms with E-state index in [1.807, 2.05) is 12.3 Å². The molecule has 0 saturated heterocycles. The first-order valence-corrected chi connectivity index (χ1v) is 10.4. The van der Waals surface area contributed by atoms with Crippen LogP contribution in [-0.4, -0.2) is 36.1 Å². The molecule has 1 aromatic heterocycles. The van der Waals surface area contributed by atoms with Gasteiger partial charge in [0.25, 0.3) is 0 Å². The van der Waals surface area contributed by atoms with E-state index >= 15 is 0 Å². The number of pyridine rings is 1. The van der Waals surface area contributed by atoms with Gasteiger partial charge >= 0.3 is 19.5 Å². The van der Waals surface area contributed by atoms with Gasteiger partial charge in [0, 0.05) is 41.7 Å². The molecule has 0 bridgehead atoms. The number of rotatable bonds is 8. The number of aromatic nitrogens is 1. The van der Waals surface area contributed by atoms with Crippen LogP contribution in [0.1, 0.15) is 13.8 Å². The molecule has 4 nitrogen and oxygen atoms in total. The van der Waals surface area contributed by atoms with Crippen molar-refractivity contribution in [2.75, 3.05) is 36.8 Å². The first-order chi connectivity index (χ1) is 14.3. The van der Waals surface area contributed by atoms with Crippen molar-refractivity contribution >= 4 is 38.7 Å². The third kappa shape index (κ3) is 5.16. The van der Waals surface area contributed by atoms with Crippen molar-refractivity contribution in [1.29, 1.82) is 0 Å². The van der Waals surface area contributed by atoms with Crippen LogP contribution in [0.3, 0.4) is 0 Å². The standard InChI is InChI=1S/C25H28N4.Zn/c1-3-29(4-2)16-15-26-21-9-11-22(12-10-21)28-24-13-14-27-25-18-20-8-6-5-7-19(20)17-23(24)25;/h5-14,17-18,26H,3-4,15-16H2,1-2H3,(H,27,28);/q;+2. The van der Waals surface area contributed by atoms with Crippen LogP contribution in [0.25, 0.3) is 21.7 Å². The fourth-order valence-electron chi connectivity index (χ4n) is 3.67. The molecule has 0 unspecified atom stereocenters. The summed E-state index contributed by atoms with van der Waals surface area (Å²) in [5.41, 5.74) is 4.29. The molecule has 5 heteroatoms. The molecule has 4 aromatic rings. The Morgan fingerprint density at radius 2 is 1.50 bits per heavy atom. The Morgan fingerprint density at radius 1 is 0.833 bits per heavy atom. The maximum atomic E-state index is 4.56. The normalized spacial score (nSPS) is 10.9. The Balaban J connectivity index is 0.00000256. The predicted octanol–water partition coefficient (Wildman–Crippen LogP) is 5.88. The summed E-state index contributed by atoms with van der Waals surface area (Å²) in [6.07, 6.45) is 1.86. The maximum Gasteiger partial charge on any atom is 2.00 e. The zero-order valence-electron chi connectivity index (χ0n) is 17.9. The Bertz CT molecular complexity index is 1090. The van der Waals surface area contributed by atoms with E-state index in [-0.39, 0.29) is 19.5 Å². The van der Waals surface area contributed by atoms with Crippen LogP contribution in [0.15, 0.2) is 72.9 Å². The topological polar surface area (TPSA) is 40.2 Å². The first-order valence-electron chi connectivity index (χ1n) is 10.4. The second-order valence-corrected chi connectivity index (χ2v) is 7.23. The van der Waals surface area contributed by atoms with E-state index in [0.29, 0.717) is 0 Å². The zero-order valence-corrected chi connectivity index (χ0v) is 20.8. The molecule has 3 aromatic carbocycles. The Labute approximate surface area is 191 Å². The van der Waals surface area contributed by atoms with Crippen LogP contribution >= 0.6 is 0 Å². The van der Waals surface area contributed by atoms with Crippen LogP contribution in [-0.2, 0) is 19.5 Å².